The molecule has 4 heteroatoms. The smallest absolute Gasteiger partial charge is 0.424 e. The van der Waals surface area contributed by atoms with Crippen LogP contribution < -0.4 is 0 Å². The van der Waals surface area contributed by atoms with Gasteiger partial charge in [0.05, 0.1) is 0 Å². The zero-order valence-corrected chi connectivity index (χ0v) is 12.1. The highest BCUT2D eigenvalue weighted by molar-refractivity contribution is 6.00. The first-order valence-electron chi connectivity index (χ1n) is 7.78. The lowest BCUT2D eigenvalue weighted by Crippen LogP contribution is -2.28. The van der Waals surface area contributed by atoms with Crippen molar-refractivity contribution in [2.45, 2.75) is 24.4 Å². The average molecular weight is 304 g/mol. The van der Waals surface area contributed by atoms with Crippen molar-refractivity contribution in [1.29, 1.82) is 0 Å². The number of ether oxygens (including phenoxy) is 3. The first-order chi connectivity index (χ1) is 11.3. The molecule has 3 aromatic carbocycles. The summed E-state index contributed by atoms with van der Waals surface area (Å²) in [7, 11) is 0. The van der Waals surface area contributed by atoms with Crippen LogP contribution in [0.15, 0.2) is 48.5 Å². The molecule has 3 heterocycles. The maximum atomic E-state index is 11.5. The molecule has 0 saturated carbocycles. The Kier molecular flexibility index (Phi) is 1.99. The molecule has 0 radical (unpaired) electrons. The molecule has 2 saturated heterocycles. The van der Waals surface area contributed by atoms with Gasteiger partial charge in [-0.3, -0.25) is 0 Å². The molecule has 0 aliphatic carbocycles. The minimum absolute atomic E-state index is 0.206. The van der Waals surface area contributed by atoms with E-state index in [-0.39, 0.29) is 24.4 Å². The quantitative estimate of drug-likeness (QED) is 0.465. The standard InChI is InChI=1S/C19H12O4/c20-19-22-17-15-12-6-5-11-7-9-3-1-2-4-10(9)8-13(11)14(12)16(21-15)18(17)23-19/h1-8,15-18H/t15-,16+,17+,18-/m0/s1. The summed E-state index contributed by atoms with van der Waals surface area (Å²) in [5.74, 6) is 0. The predicted molar refractivity (Wildman–Crippen MR) is 83.2 cm³/mol. The van der Waals surface area contributed by atoms with Crippen molar-refractivity contribution in [3.63, 3.8) is 0 Å². The molecular weight excluding hydrogens is 292 g/mol. The molecule has 6 rings (SSSR count). The summed E-state index contributed by atoms with van der Waals surface area (Å²) in [5, 5.41) is 4.78. The second kappa shape index (κ2) is 3.84. The highest BCUT2D eigenvalue weighted by Crippen LogP contribution is 2.56. The Balaban J connectivity index is 1.65. The van der Waals surface area contributed by atoms with Crippen molar-refractivity contribution in [3.8, 4) is 0 Å². The number of benzene rings is 3. The van der Waals surface area contributed by atoms with E-state index in [2.05, 4.69) is 36.4 Å². The van der Waals surface area contributed by atoms with E-state index in [1.54, 1.807) is 0 Å². The van der Waals surface area contributed by atoms with E-state index >= 15 is 0 Å². The zero-order chi connectivity index (χ0) is 15.1. The molecule has 3 aliphatic heterocycles. The monoisotopic (exact) mass is 304 g/mol. The molecule has 0 N–H and O–H groups in total. The van der Waals surface area contributed by atoms with Gasteiger partial charge >= 0.3 is 6.16 Å². The summed E-state index contributed by atoms with van der Waals surface area (Å²) >= 11 is 0. The Hall–Kier alpha value is -2.59. The van der Waals surface area contributed by atoms with Crippen molar-refractivity contribution in [3.05, 3.63) is 59.7 Å². The van der Waals surface area contributed by atoms with Gasteiger partial charge in [-0.2, -0.15) is 0 Å². The topological polar surface area (TPSA) is 44.8 Å². The summed E-state index contributed by atoms with van der Waals surface area (Å²) in [6.45, 7) is 0. The number of carbonyl (C=O) groups excluding carboxylic acids is 1. The molecule has 23 heavy (non-hydrogen) atoms. The van der Waals surface area contributed by atoms with Gasteiger partial charge in [0.1, 0.15) is 12.2 Å². The highest BCUT2D eigenvalue weighted by Gasteiger charge is 2.60. The zero-order valence-electron chi connectivity index (χ0n) is 12.1. The van der Waals surface area contributed by atoms with E-state index in [1.807, 2.05) is 12.1 Å². The molecule has 0 unspecified atom stereocenters. The number of fused-ring (bicyclic) bond motifs is 11. The Morgan fingerprint density at radius 2 is 1.52 bits per heavy atom. The fourth-order valence-electron chi connectivity index (χ4n) is 4.27. The van der Waals surface area contributed by atoms with Crippen LogP contribution in [0.2, 0.25) is 0 Å². The van der Waals surface area contributed by atoms with Gasteiger partial charge in [0.2, 0.25) is 0 Å². The number of hydrogen-bond acceptors (Lipinski definition) is 4. The molecule has 0 amide bonds. The van der Waals surface area contributed by atoms with Crippen LogP contribution in [-0.4, -0.2) is 18.4 Å². The van der Waals surface area contributed by atoms with Crippen molar-refractivity contribution < 1.29 is 19.0 Å². The first-order valence-corrected chi connectivity index (χ1v) is 7.78. The van der Waals surface area contributed by atoms with E-state index in [0.717, 1.165) is 11.1 Å². The summed E-state index contributed by atoms with van der Waals surface area (Å²) in [6, 6.07) is 17.0. The van der Waals surface area contributed by atoms with Crippen LogP contribution in [0.5, 0.6) is 0 Å². The normalized spacial score (nSPS) is 30.3. The van der Waals surface area contributed by atoms with Crippen LogP contribution in [0.4, 0.5) is 4.79 Å². The van der Waals surface area contributed by atoms with Crippen LogP contribution in [0, 0.1) is 0 Å². The fraction of sp³-hybridized carbons (Fsp3) is 0.211. The number of rotatable bonds is 0. The second-order valence-corrected chi connectivity index (χ2v) is 6.38. The Morgan fingerprint density at radius 3 is 2.35 bits per heavy atom. The van der Waals surface area contributed by atoms with E-state index in [1.165, 1.54) is 21.5 Å². The summed E-state index contributed by atoms with van der Waals surface area (Å²) < 4.78 is 16.7. The molecule has 2 bridgehead atoms. The Labute approximate surface area is 131 Å². The van der Waals surface area contributed by atoms with Gasteiger partial charge in [-0.15, -0.1) is 0 Å². The van der Waals surface area contributed by atoms with Gasteiger partial charge in [0, 0.05) is 0 Å². The second-order valence-electron chi connectivity index (χ2n) is 6.38. The molecule has 3 aromatic rings. The molecule has 4 atom stereocenters. The third kappa shape index (κ3) is 1.38. The maximum absolute atomic E-state index is 11.5. The fourth-order valence-corrected chi connectivity index (χ4v) is 4.27. The summed E-state index contributed by atoms with van der Waals surface area (Å²) in [4.78, 5) is 11.5. The molecule has 0 spiro atoms. The lowest BCUT2D eigenvalue weighted by molar-refractivity contribution is -0.00555. The van der Waals surface area contributed by atoms with Gasteiger partial charge < -0.3 is 14.2 Å². The lowest BCUT2D eigenvalue weighted by atomic mass is 9.84. The van der Waals surface area contributed by atoms with Crippen molar-refractivity contribution in [2.24, 2.45) is 0 Å². The molecule has 2 fully saturated rings. The van der Waals surface area contributed by atoms with Gasteiger partial charge in [0.25, 0.3) is 0 Å². The first kappa shape index (κ1) is 11.9. The third-order valence-corrected chi connectivity index (χ3v) is 5.23. The highest BCUT2D eigenvalue weighted by atomic mass is 16.8. The van der Waals surface area contributed by atoms with Crippen molar-refractivity contribution >= 4 is 27.7 Å². The molecular formula is C19H12O4. The Morgan fingerprint density at radius 1 is 0.783 bits per heavy atom. The van der Waals surface area contributed by atoms with Gasteiger partial charge in [0.15, 0.2) is 12.2 Å². The van der Waals surface area contributed by atoms with Crippen LogP contribution in [0.3, 0.4) is 0 Å². The van der Waals surface area contributed by atoms with E-state index in [9.17, 15) is 4.79 Å². The van der Waals surface area contributed by atoms with Crippen LogP contribution >= 0.6 is 0 Å². The third-order valence-electron chi connectivity index (χ3n) is 5.23. The Bertz CT molecular complexity index is 1010. The predicted octanol–water partition coefficient (Wildman–Crippen LogP) is 4.02. The molecule has 4 nitrogen and oxygen atoms in total. The van der Waals surface area contributed by atoms with Gasteiger partial charge in [-0.25, -0.2) is 4.79 Å². The van der Waals surface area contributed by atoms with Crippen LogP contribution in [-0.2, 0) is 14.2 Å². The molecule has 3 aliphatic rings. The van der Waals surface area contributed by atoms with Crippen LogP contribution in [0.25, 0.3) is 21.5 Å². The van der Waals surface area contributed by atoms with E-state index < -0.39 is 6.16 Å². The van der Waals surface area contributed by atoms with Crippen molar-refractivity contribution in [1.82, 2.24) is 0 Å². The summed E-state index contributed by atoms with van der Waals surface area (Å²) in [6.07, 6.45) is -1.64. The SMILES string of the molecule is O=C1O[C@@H]2[C@H](O1)[C@H]1O[C@@H]2c2c1ccc1cc3ccccc3cc21. The lowest BCUT2D eigenvalue weighted by Gasteiger charge is -2.21. The van der Waals surface area contributed by atoms with E-state index in [0.29, 0.717) is 0 Å². The van der Waals surface area contributed by atoms with Gasteiger partial charge in [-0.05, 0) is 44.8 Å². The maximum Gasteiger partial charge on any atom is 0.509 e. The van der Waals surface area contributed by atoms with E-state index in [4.69, 9.17) is 14.2 Å². The van der Waals surface area contributed by atoms with Crippen LogP contribution in [0.1, 0.15) is 23.3 Å². The molecule has 112 valence electrons. The van der Waals surface area contributed by atoms with Crippen molar-refractivity contribution in [2.75, 3.05) is 0 Å². The minimum Gasteiger partial charge on any atom is -0.424 e. The summed E-state index contributed by atoms with van der Waals surface area (Å²) in [5.41, 5.74) is 2.27. The number of hydrogen-bond donors (Lipinski definition) is 0. The minimum atomic E-state index is -0.583. The van der Waals surface area contributed by atoms with Gasteiger partial charge in [-0.1, -0.05) is 36.4 Å². The number of carbonyl (C=O) groups is 1. The molecule has 0 aromatic heterocycles. The largest absolute Gasteiger partial charge is 0.509 e. The average Bonchev–Trinajstić information content (AvgIpc) is 3.22.